The maximum atomic E-state index is 11.1. The molecule has 5 nitrogen and oxygen atoms in total. The summed E-state index contributed by atoms with van der Waals surface area (Å²) in [6.07, 6.45) is 0. The van der Waals surface area contributed by atoms with Crippen LogP contribution in [-0.2, 0) is 22.0 Å². The molecule has 114 valence electrons. The average molecular weight is 308 g/mol. The first-order valence-corrected chi connectivity index (χ1v) is 8.17. The first-order valence-electron chi connectivity index (χ1n) is 6.62. The summed E-state index contributed by atoms with van der Waals surface area (Å²) in [5.74, 6) is 0.513. The Labute approximate surface area is 125 Å². The second-order valence-corrected chi connectivity index (χ2v) is 7.44. The van der Waals surface area contributed by atoms with E-state index in [-0.39, 0.29) is 10.5 Å². The highest BCUT2D eigenvalue weighted by molar-refractivity contribution is 7.89. The van der Waals surface area contributed by atoms with Gasteiger partial charge in [0.15, 0.2) is 0 Å². The van der Waals surface area contributed by atoms with Crippen LogP contribution in [0.25, 0.3) is 0 Å². The molecule has 0 amide bonds. The van der Waals surface area contributed by atoms with Crippen LogP contribution in [-0.4, -0.2) is 8.42 Å². The van der Waals surface area contributed by atoms with Gasteiger partial charge in [-0.15, -0.1) is 0 Å². The van der Waals surface area contributed by atoms with E-state index < -0.39 is 10.0 Å². The lowest BCUT2D eigenvalue weighted by molar-refractivity contribution is 0.419. The van der Waals surface area contributed by atoms with E-state index in [0.29, 0.717) is 12.3 Å². The summed E-state index contributed by atoms with van der Waals surface area (Å²) in [7, 11) is -3.78. The fourth-order valence-corrected chi connectivity index (χ4v) is 2.36. The van der Waals surface area contributed by atoms with Gasteiger partial charge < -0.3 is 9.73 Å². The lowest BCUT2D eigenvalue weighted by atomic mass is 9.87. The Kier molecular flexibility index (Phi) is 4.11. The van der Waals surface area contributed by atoms with Crippen LogP contribution in [0.15, 0.2) is 45.9 Å². The van der Waals surface area contributed by atoms with Gasteiger partial charge in [-0.25, -0.2) is 13.6 Å². The molecule has 1 heterocycles. The first kappa shape index (κ1) is 15.6. The second-order valence-electron chi connectivity index (χ2n) is 5.95. The molecule has 21 heavy (non-hydrogen) atoms. The zero-order chi connectivity index (χ0) is 15.7. The summed E-state index contributed by atoms with van der Waals surface area (Å²) in [6.45, 7) is 6.87. The highest BCUT2D eigenvalue weighted by Gasteiger charge is 2.14. The fourth-order valence-electron chi connectivity index (χ4n) is 1.88. The molecule has 1 aromatic carbocycles. The van der Waals surface area contributed by atoms with Crippen LogP contribution >= 0.6 is 0 Å². The minimum Gasteiger partial charge on any atom is -0.446 e. The van der Waals surface area contributed by atoms with Crippen molar-refractivity contribution in [3.63, 3.8) is 0 Å². The lowest BCUT2D eigenvalue weighted by Crippen LogP contribution is -2.11. The third kappa shape index (κ3) is 4.09. The van der Waals surface area contributed by atoms with Crippen LogP contribution in [0.2, 0.25) is 0 Å². The Bertz CT molecular complexity index is 710. The molecule has 0 aliphatic carbocycles. The van der Waals surface area contributed by atoms with Crippen LogP contribution in [0.4, 0.5) is 5.69 Å². The van der Waals surface area contributed by atoms with Crippen molar-refractivity contribution in [2.75, 3.05) is 5.32 Å². The van der Waals surface area contributed by atoms with Gasteiger partial charge in [-0.3, -0.25) is 0 Å². The van der Waals surface area contributed by atoms with E-state index in [0.717, 1.165) is 5.69 Å². The normalized spacial score (nSPS) is 12.4. The van der Waals surface area contributed by atoms with Gasteiger partial charge in [0.1, 0.15) is 5.76 Å². The summed E-state index contributed by atoms with van der Waals surface area (Å²) < 4.78 is 27.4. The standard InChI is InChI=1S/C15H20N2O3S/c1-15(2,3)11-4-6-12(7-5-11)17-10-13-8-9-14(20-13)21(16,18)19/h4-9,17H,10H2,1-3H3,(H2,16,18,19). The molecule has 0 saturated carbocycles. The molecule has 0 spiro atoms. The molecule has 0 unspecified atom stereocenters. The van der Waals surface area contributed by atoms with E-state index >= 15 is 0 Å². The van der Waals surface area contributed by atoms with Gasteiger partial charge in [0.05, 0.1) is 6.54 Å². The van der Waals surface area contributed by atoms with Gasteiger partial charge in [0.25, 0.3) is 10.0 Å². The predicted octanol–water partition coefficient (Wildman–Crippen LogP) is 2.84. The second kappa shape index (κ2) is 5.54. The Morgan fingerprint density at radius 3 is 2.19 bits per heavy atom. The van der Waals surface area contributed by atoms with Crippen LogP contribution in [0, 0.1) is 0 Å². The number of sulfonamides is 1. The van der Waals surface area contributed by atoms with Gasteiger partial charge in [0, 0.05) is 5.69 Å². The van der Waals surface area contributed by atoms with E-state index in [1.54, 1.807) is 6.07 Å². The molecule has 6 heteroatoms. The molecule has 0 radical (unpaired) electrons. The Balaban J connectivity index is 2.02. The number of nitrogens with one attached hydrogen (secondary N) is 1. The van der Waals surface area contributed by atoms with Crippen molar-refractivity contribution in [2.45, 2.75) is 37.8 Å². The van der Waals surface area contributed by atoms with Crippen LogP contribution in [0.5, 0.6) is 0 Å². The maximum absolute atomic E-state index is 11.1. The van der Waals surface area contributed by atoms with E-state index in [1.807, 2.05) is 12.1 Å². The Hall–Kier alpha value is -1.79. The highest BCUT2D eigenvalue weighted by Crippen LogP contribution is 2.23. The minimum atomic E-state index is -3.78. The SMILES string of the molecule is CC(C)(C)c1ccc(NCc2ccc(S(N)(=O)=O)o2)cc1. The van der Waals surface area contributed by atoms with Crippen LogP contribution < -0.4 is 10.5 Å². The third-order valence-electron chi connectivity index (χ3n) is 3.14. The zero-order valence-corrected chi connectivity index (χ0v) is 13.2. The van der Waals surface area contributed by atoms with E-state index in [4.69, 9.17) is 9.56 Å². The molecule has 0 aliphatic heterocycles. The van der Waals surface area contributed by atoms with Crippen LogP contribution in [0.3, 0.4) is 0 Å². The molecule has 0 atom stereocenters. The smallest absolute Gasteiger partial charge is 0.271 e. The summed E-state index contributed by atoms with van der Waals surface area (Å²) in [5.41, 5.74) is 2.31. The largest absolute Gasteiger partial charge is 0.446 e. The van der Waals surface area contributed by atoms with Crippen molar-refractivity contribution in [2.24, 2.45) is 5.14 Å². The molecule has 2 aromatic rings. The number of benzene rings is 1. The number of hydrogen-bond donors (Lipinski definition) is 2. The molecule has 3 N–H and O–H groups in total. The topological polar surface area (TPSA) is 85.3 Å². The van der Waals surface area contributed by atoms with Gasteiger partial charge in [0.2, 0.25) is 5.09 Å². The monoisotopic (exact) mass is 308 g/mol. The molecule has 2 rings (SSSR count). The highest BCUT2D eigenvalue weighted by atomic mass is 32.2. The zero-order valence-electron chi connectivity index (χ0n) is 12.4. The molecule has 0 saturated heterocycles. The number of primary sulfonamides is 1. The Morgan fingerprint density at radius 2 is 1.71 bits per heavy atom. The fraction of sp³-hybridized carbons (Fsp3) is 0.333. The van der Waals surface area contributed by atoms with Crippen molar-refractivity contribution < 1.29 is 12.8 Å². The first-order chi connectivity index (χ1) is 9.66. The maximum Gasteiger partial charge on any atom is 0.271 e. The Morgan fingerprint density at radius 1 is 1.10 bits per heavy atom. The van der Waals surface area contributed by atoms with Crippen molar-refractivity contribution in [3.05, 3.63) is 47.7 Å². The number of furan rings is 1. The van der Waals surface area contributed by atoms with Gasteiger partial charge in [-0.05, 0) is 35.2 Å². The van der Waals surface area contributed by atoms with Crippen molar-refractivity contribution in [1.82, 2.24) is 0 Å². The molecular formula is C15H20N2O3S. The molecule has 0 bridgehead atoms. The quantitative estimate of drug-likeness (QED) is 0.909. The summed E-state index contributed by atoms with van der Waals surface area (Å²) in [6, 6.07) is 11.1. The van der Waals surface area contributed by atoms with E-state index in [2.05, 4.69) is 38.2 Å². The number of hydrogen-bond acceptors (Lipinski definition) is 4. The van der Waals surface area contributed by atoms with Crippen molar-refractivity contribution >= 4 is 15.7 Å². The summed E-state index contributed by atoms with van der Waals surface area (Å²) in [4.78, 5) is 0. The van der Waals surface area contributed by atoms with Gasteiger partial charge in [-0.2, -0.15) is 0 Å². The van der Waals surface area contributed by atoms with E-state index in [1.165, 1.54) is 11.6 Å². The van der Waals surface area contributed by atoms with Crippen LogP contribution in [0.1, 0.15) is 32.1 Å². The average Bonchev–Trinajstić information content (AvgIpc) is 2.84. The van der Waals surface area contributed by atoms with E-state index in [9.17, 15) is 8.42 Å². The minimum absolute atomic E-state index is 0.115. The van der Waals surface area contributed by atoms with Gasteiger partial charge >= 0.3 is 0 Å². The van der Waals surface area contributed by atoms with Gasteiger partial charge in [-0.1, -0.05) is 32.9 Å². The molecule has 0 fully saturated rings. The molecular weight excluding hydrogens is 288 g/mol. The number of nitrogens with two attached hydrogens (primary N) is 1. The number of rotatable bonds is 4. The van der Waals surface area contributed by atoms with Crippen molar-refractivity contribution in [3.8, 4) is 0 Å². The summed E-state index contributed by atoms with van der Waals surface area (Å²) in [5, 5.41) is 7.95. The molecule has 0 aliphatic rings. The molecule has 1 aromatic heterocycles. The third-order valence-corrected chi connectivity index (χ3v) is 3.92. The lowest BCUT2D eigenvalue weighted by Gasteiger charge is -2.19. The summed E-state index contributed by atoms with van der Waals surface area (Å²) >= 11 is 0. The van der Waals surface area contributed by atoms with Crippen molar-refractivity contribution in [1.29, 1.82) is 0 Å². The predicted molar refractivity (Wildman–Crippen MR) is 82.5 cm³/mol. The number of anilines is 1.